The van der Waals surface area contributed by atoms with Crippen molar-refractivity contribution in [2.75, 3.05) is 18.4 Å². The van der Waals surface area contributed by atoms with Crippen molar-refractivity contribution in [1.82, 2.24) is 5.32 Å². The third-order valence-electron chi connectivity index (χ3n) is 3.12. The number of para-hydroxylation sites is 1. The molecule has 0 saturated heterocycles. The van der Waals surface area contributed by atoms with Gasteiger partial charge in [0.2, 0.25) is 5.91 Å². The molecule has 0 heterocycles. The number of carbonyl (C=O) groups is 1. The summed E-state index contributed by atoms with van der Waals surface area (Å²) in [4.78, 5) is 11.6. The third-order valence-corrected chi connectivity index (χ3v) is 3.45. The molecule has 1 aliphatic carbocycles. The molecule has 0 radical (unpaired) electrons. The first-order valence-corrected chi connectivity index (χ1v) is 6.29. The minimum absolute atomic E-state index is 0.0496. The zero-order chi connectivity index (χ0) is 12.3. The summed E-state index contributed by atoms with van der Waals surface area (Å²) < 4.78 is 0. The highest BCUT2D eigenvalue weighted by atomic mass is 35.5. The monoisotopic (exact) mass is 252 g/mol. The minimum Gasteiger partial charge on any atom is -0.324 e. The van der Waals surface area contributed by atoms with Crippen molar-refractivity contribution in [2.45, 2.75) is 13.3 Å². The molecule has 1 aromatic carbocycles. The van der Waals surface area contributed by atoms with Crippen molar-refractivity contribution in [3.63, 3.8) is 0 Å². The molecule has 2 atom stereocenters. The first-order chi connectivity index (χ1) is 8.16. The molecule has 1 aliphatic rings. The highest BCUT2D eigenvalue weighted by Gasteiger charge is 2.31. The first-order valence-electron chi connectivity index (χ1n) is 5.92. The summed E-state index contributed by atoms with van der Waals surface area (Å²) in [6.45, 7) is 3.50. The molecule has 0 spiro atoms. The molecule has 1 aromatic rings. The average Bonchev–Trinajstić information content (AvgIpc) is 2.98. The van der Waals surface area contributed by atoms with Gasteiger partial charge in [-0.25, -0.2) is 0 Å². The van der Waals surface area contributed by atoms with Crippen LogP contribution in [0.2, 0.25) is 5.02 Å². The van der Waals surface area contributed by atoms with Gasteiger partial charge >= 0.3 is 0 Å². The van der Waals surface area contributed by atoms with E-state index in [4.69, 9.17) is 11.6 Å². The Bertz CT molecular complexity index is 408. The SMILES string of the molecule is CC1CC1CNCC(=O)Nc1ccccc1Cl. The van der Waals surface area contributed by atoms with Crippen LogP contribution in [0.3, 0.4) is 0 Å². The van der Waals surface area contributed by atoms with E-state index in [0.29, 0.717) is 17.3 Å². The van der Waals surface area contributed by atoms with Crippen molar-refractivity contribution < 1.29 is 4.79 Å². The van der Waals surface area contributed by atoms with E-state index in [0.717, 1.165) is 18.4 Å². The van der Waals surface area contributed by atoms with Gasteiger partial charge in [-0.15, -0.1) is 0 Å². The van der Waals surface area contributed by atoms with Crippen molar-refractivity contribution >= 4 is 23.2 Å². The van der Waals surface area contributed by atoms with Gasteiger partial charge in [-0.1, -0.05) is 30.7 Å². The maximum atomic E-state index is 11.6. The normalized spacial score (nSPS) is 22.2. The van der Waals surface area contributed by atoms with Gasteiger partial charge in [-0.2, -0.15) is 0 Å². The number of amides is 1. The molecule has 17 heavy (non-hydrogen) atoms. The summed E-state index contributed by atoms with van der Waals surface area (Å²) in [6, 6.07) is 7.24. The Morgan fingerprint density at radius 3 is 2.82 bits per heavy atom. The Kier molecular flexibility index (Phi) is 4.02. The maximum absolute atomic E-state index is 11.6. The van der Waals surface area contributed by atoms with Crippen molar-refractivity contribution in [1.29, 1.82) is 0 Å². The van der Waals surface area contributed by atoms with Crippen molar-refractivity contribution in [2.24, 2.45) is 11.8 Å². The lowest BCUT2D eigenvalue weighted by Gasteiger charge is -2.07. The van der Waals surface area contributed by atoms with Crippen LogP contribution in [0.25, 0.3) is 0 Å². The van der Waals surface area contributed by atoms with Crippen LogP contribution < -0.4 is 10.6 Å². The topological polar surface area (TPSA) is 41.1 Å². The molecular formula is C13H17ClN2O. The molecule has 1 amide bonds. The molecule has 1 fully saturated rings. The second-order valence-electron chi connectivity index (χ2n) is 4.63. The molecule has 2 rings (SSSR count). The molecule has 92 valence electrons. The van der Waals surface area contributed by atoms with E-state index >= 15 is 0 Å². The molecule has 0 aliphatic heterocycles. The van der Waals surface area contributed by atoms with E-state index in [1.54, 1.807) is 12.1 Å². The number of hydrogen-bond donors (Lipinski definition) is 2. The fourth-order valence-electron chi connectivity index (χ4n) is 1.81. The predicted molar refractivity (Wildman–Crippen MR) is 70.2 cm³/mol. The largest absolute Gasteiger partial charge is 0.324 e. The molecule has 4 heteroatoms. The Labute approximate surface area is 107 Å². The van der Waals surface area contributed by atoms with Gasteiger partial charge in [-0.3, -0.25) is 4.79 Å². The van der Waals surface area contributed by atoms with Crippen LogP contribution in [0.5, 0.6) is 0 Å². The number of nitrogens with one attached hydrogen (secondary N) is 2. The molecule has 0 bridgehead atoms. The predicted octanol–water partition coefficient (Wildman–Crippen LogP) is 2.52. The summed E-state index contributed by atoms with van der Waals surface area (Å²) in [5.41, 5.74) is 0.667. The quantitative estimate of drug-likeness (QED) is 0.846. The third kappa shape index (κ3) is 3.72. The molecule has 2 N–H and O–H groups in total. The fraction of sp³-hybridized carbons (Fsp3) is 0.462. The molecule has 1 saturated carbocycles. The molecule has 0 aromatic heterocycles. The Balaban J connectivity index is 1.72. The number of halogens is 1. The smallest absolute Gasteiger partial charge is 0.238 e. The first kappa shape index (κ1) is 12.4. The van der Waals surface area contributed by atoms with E-state index in [9.17, 15) is 4.79 Å². The van der Waals surface area contributed by atoms with E-state index in [1.165, 1.54) is 6.42 Å². The van der Waals surface area contributed by atoms with Crippen LogP contribution in [0.1, 0.15) is 13.3 Å². The van der Waals surface area contributed by atoms with Gasteiger partial charge in [0.25, 0.3) is 0 Å². The summed E-state index contributed by atoms with van der Waals surface area (Å²) in [6.07, 6.45) is 1.28. The Morgan fingerprint density at radius 2 is 2.18 bits per heavy atom. The summed E-state index contributed by atoms with van der Waals surface area (Å²) in [5, 5.41) is 6.51. The fourth-order valence-corrected chi connectivity index (χ4v) is 1.99. The van der Waals surface area contributed by atoms with Crippen LogP contribution in [0.4, 0.5) is 5.69 Å². The van der Waals surface area contributed by atoms with Gasteiger partial charge in [0.05, 0.1) is 17.3 Å². The average molecular weight is 253 g/mol. The Hall–Kier alpha value is -1.06. The minimum atomic E-state index is -0.0496. The van der Waals surface area contributed by atoms with Gasteiger partial charge < -0.3 is 10.6 Å². The number of hydrogen-bond acceptors (Lipinski definition) is 2. The molecule has 2 unspecified atom stereocenters. The number of benzene rings is 1. The van der Waals surface area contributed by atoms with Gasteiger partial charge in [0.15, 0.2) is 0 Å². The number of anilines is 1. The van der Waals surface area contributed by atoms with Crippen molar-refractivity contribution in [3.8, 4) is 0 Å². The standard InChI is InChI=1S/C13H17ClN2O/c1-9-6-10(9)7-15-8-13(17)16-12-5-3-2-4-11(12)14/h2-5,9-10,15H,6-8H2,1H3,(H,16,17). The second-order valence-corrected chi connectivity index (χ2v) is 5.04. The summed E-state index contributed by atoms with van der Waals surface area (Å²) in [5.74, 6) is 1.52. The van der Waals surface area contributed by atoms with Gasteiger partial charge in [0, 0.05) is 0 Å². The van der Waals surface area contributed by atoms with Crippen LogP contribution in [0.15, 0.2) is 24.3 Å². The molecular weight excluding hydrogens is 236 g/mol. The number of rotatable bonds is 5. The van der Waals surface area contributed by atoms with Crippen molar-refractivity contribution in [3.05, 3.63) is 29.3 Å². The lowest BCUT2D eigenvalue weighted by molar-refractivity contribution is -0.115. The lowest BCUT2D eigenvalue weighted by Crippen LogP contribution is -2.29. The zero-order valence-electron chi connectivity index (χ0n) is 9.87. The van der Waals surface area contributed by atoms with Crippen LogP contribution in [-0.4, -0.2) is 19.0 Å². The molecule has 3 nitrogen and oxygen atoms in total. The van der Waals surface area contributed by atoms with E-state index in [-0.39, 0.29) is 5.91 Å². The second kappa shape index (κ2) is 5.52. The lowest BCUT2D eigenvalue weighted by atomic mass is 10.3. The van der Waals surface area contributed by atoms with Crippen LogP contribution in [0, 0.1) is 11.8 Å². The van der Waals surface area contributed by atoms with E-state index < -0.39 is 0 Å². The summed E-state index contributed by atoms with van der Waals surface area (Å²) in [7, 11) is 0. The van der Waals surface area contributed by atoms with E-state index in [2.05, 4.69) is 17.6 Å². The number of carbonyl (C=O) groups excluding carboxylic acids is 1. The Morgan fingerprint density at radius 1 is 1.47 bits per heavy atom. The van der Waals surface area contributed by atoms with Crippen LogP contribution >= 0.6 is 11.6 Å². The zero-order valence-corrected chi connectivity index (χ0v) is 10.6. The van der Waals surface area contributed by atoms with Gasteiger partial charge in [0.1, 0.15) is 0 Å². The maximum Gasteiger partial charge on any atom is 0.238 e. The highest BCUT2D eigenvalue weighted by molar-refractivity contribution is 6.33. The van der Waals surface area contributed by atoms with Crippen LogP contribution in [-0.2, 0) is 4.79 Å². The summed E-state index contributed by atoms with van der Waals surface area (Å²) >= 11 is 5.95. The highest BCUT2D eigenvalue weighted by Crippen LogP contribution is 2.36. The van der Waals surface area contributed by atoms with Gasteiger partial charge in [-0.05, 0) is 36.9 Å². The van der Waals surface area contributed by atoms with E-state index in [1.807, 2.05) is 12.1 Å².